The maximum Gasteiger partial charge on any atom is 0.244 e. The van der Waals surface area contributed by atoms with Crippen molar-refractivity contribution in [3.63, 3.8) is 0 Å². The van der Waals surface area contributed by atoms with Gasteiger partial charge in [0.25, 0.3) is 0 Å². The third kappa shape index (κ3) is 3.43. The fourth-order valence-corrected chi connectivity index (χ4v) is 2.92. The van der Waals surface area contributed by atoms with Crippen molar-refractivity contribution in [1.29, 1.82) is 0 Å². The summed E-state index contributed by atoms with van der Waals surface area (Å²) in [4.78, 5) is 14.8. The normalized spacial score (nSPS) is 19.6. The number of morpholine rings is 1. The van der Waals surface area contributed by atoms with Crippen LogP contribution in [0.2, 0.25) is 0 Å². The Morgan fingerprint density at radius 3 is 2.83 bits per heavy atom. The summed E-state index contributed by atoms with van der Waals surface area (Å²) >= 11 is 0. The molecule has 2 atom stereocenters. The van der Waals surface area contributed by atoms with Gasteiger partial charge in [-0.05, 0) is 12.6 Å². The Labute approximate surface area is 136 Å². The van der Waals surface area contributed by atoms with E-state index in [1.165, 1.54) is 0 Å². The molecular weight excluding hydrogens is 292 g/mol. The zero-order chi connectivity index (χ0) is 16.2. The maximum absolute atomic E-state index is 12.9. The van der Waals surface area contributed by atoms with E-state index >= 15 is 0 Å². The smallest absolute Gasteiger partial charge is 0.244 e. The van der Waals surface area contributed by atoms with Crippen LogP contribution in [0.4, 0.5) is 0 Å². The number of benzene rings is 1. The summed E-state index contributed by atoms with van der Waals surface area (Å²) in [6.45, 7) is 1.73. The van der Waals surface area contributed by atoms with E-state index in [9.17, 15) is 4.79 Å². The van der Waals surface area contributed by atoms with E-state index in [2.05, 4.69) is 10.4 Å². The summed E-state index contributed by atoms with van der Waals surface area (Å²) < 4.78 is 7.54. The molecule has 1 aliphatic heterocycles. The van der Waals surface area contributed by atoms with Gasteiger partial charge in [0, 0.05) is 25.4 Å². The van der Waals surface area contributed by atoms with E-state index in [1.54, 1.807) is 17.9 Å². The predicted molar refractivity (Wildman–Crippen MR) is 86.7 cm³/mol. The molecule has 0 aliphatic carbocycles. The quantitative estimate of drug-likeness (QED) is 0.923. The number of rotatable bonds is 4. The molecule has 1 N–H and O–H groups in total. The number of amides is 1. The highest BCUT2D eigenvalue weighted by Crippen LogP contribution is 2.24. The Hall–Kier alpha value is -2.18. The van der Waals surface area contributed by atoms with Crippen molar-refractivity contribution in [2.45, 2.75) is 12.1 Å². The second-order valence-corrected chi connectivity index (χ2v) is 5.72. The second kappa shape index (κ2) is 6.93. The average Bonchev–Trinajstić information content (AvgIpc) is 3.02. The van der Waals surface area contributed by atoms with Crippen LogP contribution in [0, 0.1) is 0 Å². The molecule has 2 heterocycles. The Morgan fingerprint density at radius 2 is 2.17 bits per heavy atom. The number of carbonyl (C=O) groups excluding carboxylic acids is 1. The molecule has 6 heteroatoms. The molecule has 0 bridgehead atoms. The highest BCUT2D eigenvalue weighted by atomic mass is 16.5. The summed E-state index contributed by atoms with van der Waals surface area (Å²) in [5, 5.41) is 7.25. The van der Waals surface area contributed by atoms with Crippen LogP contribution in [-0.2, 0) is 16.6 Å². The van der Waals surface area contributed by atoms with Gasteiger partial charge in [0.15, 0.2) is 0 Å². The van der Waals surface area contributed by atoms with Gasteiger partial charge in [-0.1, -0.05) is 30.3 Å². The molecule has 1 aliphatic rings. The fraction of sp³-hybridized carbons (Fsp3) is 0.412. The lowest BCUT2D eigenvalue weighted by atomic mass is 10.1. The fourth-order valence-electron chi connectivity index (χ4n) is 2.92. The number of aromatic nitrogens is 2. The summed E-state index contributed by atoms with van der Waals surface area (Å²) in [5.74, 6) is 0.0599. The van der Waals surface area contributed by atoms with Crippen LogP contribution in [0.15, 0.2) is 42.7 Å². The van der Waals surface area contributed by atoms with Crippen molar-refractivity contribution >= 4 is 5.91 Å². The summed E-state index contributed by atoms with van der Waals surface area (Å²) in [6.07, 6.45) is 3.53. The molecule has 23 heavy (non-hydrogen) atoms. The molecule has 1 saturated heterocycles. The van der Waals surface area contributed by atoms with Gasteiger partial charge < -0.3 is 15.0 Å². The van der Waals surface area contributed by atoms with Crippen molar-refractivity contribution in [3.8, 4) is 0 Å². The lowest BCUT2D eigenvalue weighted by molar-refractivity contribution is -0.141. The molecule has 122 valence electrons. The molecule has 1 aromatic carbocycles. The summed E-state index contributed by atoms with van der Waals surface area (Å²) in [7, 11) is 3.64. The van der Waals surface area contributed by atoms with E-state index in [0.717, 1.165) is 11.1 Å². The third-order valence-corrected chi connectivity index (χ3v) is 4.14. The topological polar surface area (TPSA) is 59.4 Å². The van der Waals surface area contributed by atoms with Crippen LogP contribution >= 0.6 is 0 Å². The van der Waals surface area contributed by atoms with Gasteiger partial charge in [-0.2, -0.15) is 5.10 Å². The van der Waals surface area contributed by atoms with Crippen molar-refractivity contribution in [2.75, 3.05) is 26.7 Å². The van der Waals surface area contributed by atoms with Gasteiger partial charge in [0.2, 0.25) is 5.91 Å². The van der Waals surface area contributed by atoms with Gasteiger partial charge in [-0.3, -0.25) is 9.48 Å². The van der Waals surface area contributed by atoms with Gasteiger partial charge in [-0.15, -0.1) is 0 Å². The maximum atomic E-state index is 12.9. The molecule has 1 fully saturated rings. The minimum atomic E-state index is -0.377. The SMILES string of the molecule is CNC(C(=O)N1CCOC(c2ccccc2)C1)c1cnn(C)c1. The summed E-state index contributed by atoms with van der Waals surface area (Å²) in [6, 6.07) is 9.66. The van der Waals surface area contributed by atoms with Crippen LogP contribution in [0.25, 0.3) is 0 Å². The van der Waals surface area contributed by atoms with Crippen LogP contribution in [-0.4, -0.2) is 47.3 Å². The minimum absolute atomic E-state index is 0.0599. The molecule has 0 spiro atoms. The number of likely N-dealkylation sites (N-methyl/N-ethyl adjacent to an activating group) is 1. The molecule has 2 aromatic rings. The minimum Gasteiger partial charge on any atom is -0.370 e. The molecular formula is C17H22N4O2. The Balaban J connectivity index is 1.73. The average molecular weight is 314 g/mol. The van der Waals surface area contributed by atoms with Gasteiger partial charge in [-0.25, -0.2) is 0 Å². The monoisotopic (exact) mass is 314 g/mol. The van der Waals surface area contributed by atoms with Gasteiger partial charge in [0.05, 0.1) is 19.3 Å². The van der Waals surface area contributed by atoms with Crippen molar-refractivity contribution in [2.24, 2.45) is 7.05 Å². The number of aryl methyl sites for hydroxylation is 1. The molecule has 3 rings (SSSR count). The first kappa shape index (κ1) is 15.7. The van der Waals surface area contributed by atoms with E-state index < -0.39 is 0 Å². The first-order chi connectivity index (χ1) is 11.2. The van der Waals surface area contributed by atoms with E-state index in [0.29, 0.717) is 19.7 Å². The van der Waals surface area contributed by atoms with E-state index in [1.807, 2.05) is 48.5 Å². The largest absolute Gasteiger partial charge is 0.370 e. The molecule has 2 unspecified atom stereocenters. The third-order valence-electron chi connectivity index (χ3n) is 4.14. The molecule has 1 amide bonds. The Bertz CT molecular complexity index is 656. The van der Waals surface area contributed by atoms with Crippen molar-refractivity contribution in [1.82, 2.24) is 20.0 Å². The molecule has 0 radical (unpaired) electrons. The number of nitrogens with zero attached hydrogens (tertiary/aromatic N) is 3. The second-order valence-electron chi connectivity index (χ2n) is 5.72. The van der Waals surface area contributed by atoms with Gasteiger partial charge >= 0.3 is 0 Å². The van der Waals surface area contributed by atoms with Gasteiger partial charge in [0.1, 0.15) is 12.1 Å². The highest BCUT2D eigenvalue weighted by molar-refractivity contribution is 5.83. The zero-order valence-electron chi connectivity index (χ0n) is 13.5. The number of carbonyl (C=O) groups is 1. The van der Waals surface area contributed by atoms with E-state index in [4.69, 9.17) is 4.74 Å². The zero-order valence-corrected chi connectivity index (χ0v) is 13.5. The van der Waals surface area contributed by atoms with Crippen LogP contribution < -0.4 is 5.32 Å². The Morgan fingerprint density at radius 1 is 1.39 bits per heavy atom. The first-order valence-electron chi connectivity index (χ1n) is 7.80. The predicted octanol–water partition coefficient (Wildman–Crippen LogP) is 1.28. The number of hydrogen-bond donors (Lipinski definition) is 1. The van der Waals surface area contributed by atoms with Crippen LogP contribution in [0.1, 0.15) is 23.3 Å². The molecule has 6 nitrogen and oxygen atoms in total. The van der Waals surface area contributed by atoms with E-state index in [-0.39, 0.29) is 18.1 Å². The number of hydrogen-bond acceptors (Lipinski definition) is 4. The molecule has 0 saturated carbocycles. The van der Waals surface area contributed by atoms with Crippen LogP contribution in [0.3, 0.4) is 0 Å². The first-order valence-corrected chi connectivity index (χ1v) is 7.80. The van der Waals surface area contributed by atoms with Crippen LogP contribution in [0.5, 0.6) is 0 Å². The standard InChI is InChI=1S/C17H22N4O2/c1-18-16(14-10-19-20(2)11-14)17(22)21-8-9-23-15(12-21)13-6-4-3-5-7-13/h3-7,10-11,15-16,18H,8-9,12H2,1-2H3. The Kier molecular flexibility index (Phi) is 4.73. The number of nitrogens with one attached hydrogen (secondary N) is 1. The highest BCUT2D eigenvalue weighted by Gasteiger charge is 2.30. The number of ether oxygens (including phenoxy) is 1. The lowest BCUT2D eigenvalue weighted by Gasteiger charge is -2.35. The molecule has 1 aromatic heterocycles. The van der Waals surface area contributed by atoms with Crippen molar-refractivity contribution in [3.05, 3.63) is 53.9 Å². The lowest BCUT2D eigenvalue weighted by Crippen LogP contribution is -2.46. The summed E-state index contributed by atoms with van der Waals surface area (Å²) in [5.41, 5.74) is 1.98. The van der Waals surface area contributed by atoms with Crippen molar-refractivity contribution < 1.29 is 9.53 Å².